The molecular weight excluding hydrogens is 298 g/mol. The SMILES string of the molecule is CCN(CCCCl)S(=O)(=O)C1CCS(=O)(=O)CC1. The summed E-state index contributed by atoms with van der Waals surface area (Å²) < 4.78 is 48.7. The van der Waals surface area contributed by atoms with Gasteiger partial charge in [-0.05, 0) is 19.3 Å². The summed E-state index contributed by atoms with van der Waals surface area (Å²) in [6.45, 7) is 2.60. The van der Waals surface area contributed by atoms with Gasteiger partial charge in [-0.2, -0.15) is 0 Å². The van der Waals surface area contributed by atoms with Gasteiger partial charge in [-0.1, -0.05) is 6.92 Å². The van der Waals surface area contributed by atoms with Crippen molar-refractivity contribution >= 4 is 31.5 Å². The highest BCUT2D eigenvalue weighted by atomic mass is 35.5. The second-order valence-corrected chi connectivity index (χ2v) is 9.32. The van der Waals surface area contributed by atoms with E-state index in [1.807, 2.05) is 0 Å². The van der Waals surface area contributed by atoms with Crippen molar-refractivity contribution < 1.29 is 16.8 Å². The first-order valence-electron chi connectivity index (χ1n) is 6.09. The summed E-state index contributed by atoms with van der Waals surface area (Å²) in [7, 11) is -6.42. The normalized spacial score (nSPS) is 21.3. The average molecular weight is 318 g/mol. The Labute approximate surface area is 114 Å². The topological polar surface area (TPSA) is 71.5 Å². The monoisotopic (exact) mass is 317 g/mol. The number of hydrogen-bond acceptors (Lipinski definition) is 4. The fraction of sp³-hybridized carbons (Fsp3) is 1.00. The van der Waals surface area contributed by atoms with Gasteiger partial charge >= 0.3 is 0 Å². The second-order valence-electron chi connectivity index (χ2n) is 4.43. The molecule has 0 bridgehead atoms. The van der Waals surface area contributed by atoms with Crippen molar-refractivity contribution in [1.82, 2.24) is 4.31 Å². The molecule has 0 aromatic rings. The summed E-state index contributed by atoms with van der Waals surface area (Å²) in [6, 6.07) is 0. The van der Waals surface area contributed by atoms with Crippen LogP contribution in [0, 0.1) is 0 Å². The average Bonchev–Trinajstić information content (AvgIpc) is 2.29. The fourth-order valence-electron chi connectivity index (χ4n) is 2.08. The lowest BCUT2D eigenvalue weighted by Gasteiger charge is -2.28. The maximum atomic E-state index is 12.3. The van der Waals surface area contributed by atoms with E-state index >= 15 is 0 Å². The van der Waals surface area contributed by atoms with Gasteiger partial charge in [0.2, 0.25) is 10.0 Å². The summed E-state index contributed by atoms with van der Waals surface area (Å²) in [4.78, 5) is 0. The summed E-state index contributed by atoms with van der Waals surface area (Å²) in [6.07, 6.45) is 1.03. The quantitative estimate of drug-likeness (QED) is 0.681. The third kappa shape index (κ3) is 4.08. The molecule has 0 N–H and O–H groups in total. The third-order valence-electron chi connectivity index (χ3n) is 3.18. The van der Waals surface area contributed by atoms with Gasteiger partial charge in [-0.15, -0.1) is 11.6 Å². The predicted molar refractivity (Wildman–Crippen MR) is 73.2 cm³/mol. The van der Waals surface area contributed by atoms with Crippen LogP contribution >= 0.6 is 11.6 Å². The summed E-state index contributed by atoms with van der Waals surface area (Å²) in [5.41, 5.74) is 0. The first-order valence-corrected chi connectivity index (χ1v) is 9.94. The van der Waals surface area contributed by atoms with Gasteiger partial charge in [-0.25, -0.2) is 21.1 Å². The van der Waals surface area contributed by atoms with Gasteiger partial charge in [0.1, 0.15) is 9.84 Å². The molecule has 1 saturated heterocycles. The molecule has 108 valence electrons. The van der Waals surface area contributed by atoms with E-state index in [4.69, 9.17) is 11.6 Å². The maximum absolute atomic E-state index is 12.3. The van der Waals surface area contributed by atoms with E-state index in [9.17, 15) is 16.8 Å². The first-order chi connectivity index (χ1) is 8.33. The molecule has 0 amide bonds. The van der Waals surface area contributed by atoms with Gasteiger partial charge in [-0.3, -0.25) is 0 Å². The highest BCUT2D eigenvalue weighted by Crippen LogP contribution is 2.22. The van der Waals surface area contributed by atoms with Crippen LogP contribution in [0.3, 0.4) is 0 Å². The van der Waals surface area contributed by atoms with E-state index in [0.717, 1.165) is 0 Å². The van der Waals surface area contributed by atoms with Crippen LogP contribution in [0.25, 0.3) is 0 Å². The fourth-order valence-corrected chi connectivity index (χ4v) is 5.98. The van der Waals surface area contributed by atoms with Gasteiger partial charge < -0.3 is 0 Å². The molecule has 1 aliphatic rings. The zero-order chi connectivity index (χ0) is 13.8. The number of hydrogen-bond donors (Lipinski definition) is 0. The Morgan fingerprint density at radius 2 is 1.83 bits per heavy atom. The molecule has 1 aliphatic heterocycles. The molecule has 8 heteroatoms. The highest BCUT2D eigenvalue weighted by Gasteiger charge is 2.35. The zero-order valence-corrected chi connectivity index (χ0v) is 12.9. The Bertz CT molecular complexity index is 446. The van der Waals surface area contributed by atoms with Crippen LogP contribution in [0.5, 0.6) is 0 Å². The van der Waals surface area contributed by atoms with E-state index in [2.05, 4.69) is 0 Å². The number of nitrogens with zero attached hydrogens (tertiary/aromatic N) is 1. The minimum absolute atomic E-state index is 0.0239. The van der Waals surface area contributed by atoms with Crippen LogP contribution in [0.1, 0.15) is 26.2 Å². The smallest absolute Gasteiger partial charge is 0.217 e. The molecule has 0 spiro atoms. The minimum Gasteiger partial charge on any atom is -0.229 e. The van der Waals surface area contributed by atoms with Crippen LogP contribution in [-0.4, -0.2) is 56.9 Å². The number of sulfonamides is 1. The van der Waals surface area contributed by atoms with E-state index in [1.165, 1.54) is 4.31 Å². The van der Waals surface area contributed by atoms with Crippen molar-refractivity contribution in [3.05, 3.63) is 0 Å². The van der Waals surface area contributed by atoms with Crippen LogP contribution in [-0.2, 0) is 19.9 Å². The molecule has 1 rings (SSSR count). The first kappa shape index (κ1) is 16.2. The minimum atomic E-state index is -3.39. The second kappa shape index (κ2) is 6.54. The summed E-state index contributed by atoms with van der Waals surface area (Å²) >= 11 is 5.58. The third-order valence-corrected chi connectivity index (χ3v) is 7.63. The summed E-state index contributed by atoms with van der Waals surface area (Å²) in [5.74, 6) is 0.374. The van der Waals surface area contributed by atoms with Crippen molar-refractivity contribution in [3.8, 4) is 0 Å². The van der Waals surface area contributed by atoms with Gasteiger partial charge in [0, 0.05) is 19.0 Å². The molecule has 0 aromatic heterocycles. The van der Waals surface area contributed by atoms with Gasteiger partial charge in [0.15, 0.2) is 0 Å². The lowest BCUT2D eigenvalue weighted by Crippen LogP contribution is -2.43. The van der Waals surface area contributed by atoms with Crippen molar-refractivity contribution in [3.63, 3.8) is 0 Å². The maximum Gasteiger partial charge on any atom is 0.217 e. The largest absolute Gasteiger partial charge is 0.229 e. The van der Waals surface area contributed by atoms with E-state index < -0.39 is 25.1 Å². The van der Waals surface area contributed by atoms with E-state index in [1.54, 1.807) is 6.92 Å². The molecule has 5 nitrogen and oxygen atoms in total. The number of sulfone groups is 1. The number of alkyl halides is 1. The zero-order valence-electron chi connectivity index (χ0n) is 10.5. The molecule has 0 saturated carbocycles. The Kier molecular flexibility index (Phi) is 5.89. The molecule has 0 atom stereocenters. The standard InChI is InChI=1S/C10H20ClNO4S2/c1-2-12(7-3-6-11)18(15,16)10-4-8-17(13,14)9-5-10/h10H,2-9H2,1H3. The summed E-state index contributed by atoms with van der Waals surface area (Å²) in [5, 5.41) is -0.559. The number of rotatable bonds is 6. The molecular formula is C10H20ClNO4S2. The molecule has 0 radical (unpaired) electrons. The Balaban J connectivity index is 2.73. The molecule has 1 fully saturated rings. The molecule has 18 heavy (non-hydrogen) atoms. The van der Waals surface area contributed by atoms with Crippen LogP contribution in [0.2, 0.25) is 0 Å². The van der Waals surface area contributed by atoms with Crippen molar-refractivity contribution in [2.75, 3.05) is 30.5 Å². The number of halogens is 1. The van der Waals surface area contributed by atoms with Gasteiger partial charge in [0.05, 0.1) is 16.8 Å². The van der Waals surface area contributed by atoms with Crippen molar-refractivity contribution in [2.45, 2.75) is 31.4 Å². The molecule has 0 unspecified atom stereocenters. The van der Waals surface area contributed by atoms with Crippen LogP contribution < -0.4 is 0 Å². The van der Waals surface area contributed by atoms with Crippen molar-refractivity contribution in [1.29, 1.82) is 0 Å². The van der Waals surface area contributed by atoms with Crippen LogP contribution in [0.4, 0.5) is 0 Å². The van der Waals surface area contributed by atoms with Crippen molar-refractivity contribution in [2.24, 2.45) is 0 Å². The highest BCUT2D eigenvalue weighted by molar-refractivity contribution is 7.92. The molecule has 1 heterocycles. The van der Waals surface area contributed by atoms with Gasteiger partial charge in [0.25, 0.3) is 0 Å². The van der Waals surface area contributed by atoms with E-state index in [0.29, 0.717) is 25.4 Å². The predicted octanol–water partition coefficient (Wildman–Crippen LogP) is 0.844. The van der Waals surface area contributed by atoms with Crippen LogP contribution in [0.15, 0.2) is 0 Å². The Morgan fingerprint density at radius 1 is 1.28 bits per heavy atom. The Hall–Kier alpha value is 0.150. The molecule has 0 aliphatic carbocycles. The van der Waals surface area contributed by atoms with E-state index in [-0.39, 0.29) is 24.3 Å². The Morgan fingerprint density at radius 3 is 2.28 bits per heavy atom. The lowest BCUT2D eigenvalue weighted by atomic mass is 10.2. The lowest BCUT2D eigenvalue weighted by molar-refractivity contribution is 0.415. The molecule has 0 aromatic carbocycles.